The minimum atomic E-state index is -0.406. The molecule has 0 saturated carbocycles. The molecule has 7 nitrogen and oxygen atoms in total. The number of rotatable bonds is 5. The van der Waals surface area contributed by atoms with E-state index in [1.54, 1.807) is 48.9 Å². The molecule has 0 aliphatic carbocycles. The third-order valence-electron chi connectivity index (χ3n) is 3.97. The summed E-state index contributed by atoms with van der Waals surface area (Å²) < 4.78 is 6.67. The van der Waals surface area contributed by atoms with Crippen molar-refractivity contribution in [1.82, 2.24) is 14.8 Å². The van der Waals surface area contributed by atoms with Crippen LogP contribution in [0, 0.1) is 13.8 Å². The smallest absolute Gasteiger partial charge is 0.341 e. The molecule has 27 heavy (non-hydrogen) atoms. The summed E-state index contributed by atoms with van der Waals surface area (Å²) >= 11 is 0. The summed E-state index contributed by atoms with van der Waals surface area (Å²) in [5.41, 5.74) is 3.52. The fraction of sp³-hybridized carbons (Fsp3) is 0.200. The van der Waals surface area contributed by atoms with Gasteiger partial charge in [-0.3, -0.25) is 4.79 Å². The maximum Gasteiger partial charge on any atom is 0.341 e. The number of nitrogens with zero attached hydrogens (tertiary/aromatic N) is 3. The fourth-order valence-corrected chi connectivity index (χ4v) is 2.66. The molecule has 0 aliphatic rings. The predicted molar refractivity (Wildman–Crippen MR) is 101 cm³/mol. The van der Waals surface area contributed by atoms with Crippen LogP contribution in [0.3, 0.4) is 0 Å². The first kappa shape index (κ1) is 18.3. The summed E-state index contributed by atoms with van der Waals surface area (Å²) in [5, 5.41) is 7.10. The highest BCUT2D eigenvalue weighted by molar-refractivity contribution is 6.03. The maximum atomic E-state index is 12.4. The lowest BCUT2D eigenvalue weighted by atomic mass is 10.2. The van der Waals surface area contributed by atoms with Gasteiger partial charge < -0.3 is 10.1 Å². The van der Waals surface area contributed by atoms with Crippen molar-refractivity contribution in [1.29, 1.82) is 0 Å². The molecule has 0 spiro atoms. The number of nitrogens with one attached hydrogen (secondary N) is 1. The molecule has 0 bridgehead atoms. The number of benzene rings is 1. The summed E-state index contributed by atoms with van der Waals surface area (Å²) in [6.45, 7) is 5.69. The summed E-state index contributed by atoms with van der Waals surface area (Å²) in [7, 11) is 0. The van der Waals surface area contributed by atoms with Crippen LogP contribution in [0.15, 0.2) is 48.7 Å². The zero-order valence-electron chi connectivity index (χ0n) is 15.4. The van der Waals surface area contributed by atoms with Gasteiger partial charge in [0.15, 0.2) is 0 Å². The second kappa shape index (κ2) is 7.82. The van der Waals surface area contributed by atoms with Gasteiger partial charge in [0.25, 0.3) is 5.91 Å². The number of carbonyl (C=O) groups is 2. The molecular formula is C20H20N4O3. The molecule has 0 aliphatic heterocycles. The monoisotopic (exact) mass is 364 g/mol. The Balaban J connectivity index is 1.84. The van der Waals surface area contributed by atoms with E-state index in [1.165, 1.54) is 6.20 Å². The van der Waals surface area contributed by atoms with Crippen LogP contribution in [-0.4, -0.2) is 33.2 Å². The molecule has 1 N–H and O–H groups in total. The van der Waals surface area contributed by atoms with E-state index in [0.29, 0.717) is 29.2 Å². The quantitative estimate of drug-likeness (QED) is 0.702. The van der Waals surface area contributed by atoms with E-state index in [1.807, 2.05) is 19.1 Å². The number of pyridine rings is 1. The van der Waals surface area contributed by atoms with Gasteiger partial charge in [0.05, 0.1) is 24.2 Å². The Bertz CT molecular complexity index is 994. The number of esters is 1. The van der Waals surface area contributed by atoms with Crippen molar-refractivity contribution in [2.24, 2.45) is 0 Å². The Morgan fingerprint density at radius 1 is 1.15 bits per heavy atom. The van der Waals surface area contributed by atoms with E-state index in [0.717, 1.165) is 11.4 Å². The van der Waals surface area contributed by atoms with Crippen molar-refractivity contribution < 1.29 is 14.3 Å². The standard InChI is InChI=1S/C20H20N4O3/c1-4-27-20(26)17-12-21-24(14(17)3)16-9-6-8-15(11-16)23-19(25)18-10-5-7-13(2)22-18/h5-12H,4H2,1-3H3,(H,23,25). The zero-order valence-corrected chi connectivity index (χ0v) is 15.4. The molecule has 3 rings (SSSR count). The lowest BCUT2D eigenvalue weighted by molar-refractivity contribution is 0.0525. The van der Waals surface area contributed by atoms with Crippen molar-refractivity contribution in [3.63, 3.8) is 0 Å². The first-order valence-electron chi connectivity index (χ1n) is 8.56. The summed E-state index contributed by atoms with van der Waals surface area (Å²) in [6, 6.07) is 12.5. The van der Waals surface area contributed by atoms with Crippen molar-refractivity contribution in [3.8, 4) is 5.69 Å². The van der Waals surface area contributed by atoms with Crippen LogP contribution in [0.5, 0.6) is 0 Å². The van der Waals surface area contributed by atoms with E-state index >= 15 is 0 Å². The average molecular weight is 364 g/mol. The van der Waals surface area contributed by atoms with Crippen molar-refractivity contribution in [3.05, 3.63) is 71.3 Å². The SMILES string of the molecule is CCOC(=O)c1cnn(-c2cccc(NC(=O)c3cccc(C)n3)c2)c1C. The lowest BCUT2D eigenvalue weighted by Gasteiger charge is -2.09. The Morgan fingerprint density at radius 2 is 1.93 bits per heavy atom. The highest BCUT2D eigenvalue weighted by Crippen LogP contribution is 2.19. The Morgan fingerprint density at radius 3 is 2.67 bits per heavy atom. The molecule has 3 aromatic rings. The third-order valence-corrected chi connectivity index (χ3v) is 3.97. The van der Waals surface area contributed by atoms with Crippen molar-refractivity contribution in [2.45, 2.75) is 20.8 Å². The number of anilines is 1. The van der Waals surface area contributed by atoms with Crippen LogP contribution in [0.25, 0.3) is 5.69 Å². The number of amides is 1. The molecule has 1 amide bonds. The minimum Gasteiger partial charge on any atom is -0.462 e. The zero-order chi connectivity index (χ0) is 19.4. The number of carbonyl (C=O) groups excluding carboxylic acids is 2. The molecule has 0 radical (unpaired) electrons. The molecule has 2 heterocycles. The second-order valence-corrected chi connectivity index (χ2v) is 5.94. The summed E-state index contributed by atoms with van der Waals surface area (Å²) in [6.07, 6.45) is 1.48. The molecular weight excluding hydrogens is 344 g/mol. The van der Waals surface area contributed by atoms with Gasteiger partial charge in [0, 0.05) is 11.4 Å². The molecule has 0 fully saturated rings. The highest BCUT2D eigenvalue weighted by Gasteiger charge is 2.16. The highest BCUT2D eigenvalue weighted by atomic mass is 16.5. The van der Waals surface area contributed by atoms with Gasteiger partial charge in [-0.1, -0.05) is 12.1 Å². The van der Waals surface area contributed by atoms with Gasteiger partial charge in [-0.2, -0.15) is 5.10 Å². The lowest BCUT2D eigenvalue weighted by Crippen LogP contribution is -2.14. The third kappa shape index (κ3) is 4.03. The predicted octanol–water partition coefficient (Wildman–Crippen LogP) is 3.31. The van der Waals surface area contributed by atoms with Crippen molar-refractivity contribution >= 4 is 17.6 Å². The number of ether oxygens (including phenoxy) is 1. The second-order valence-electron chi connectivity index (χ2n) is 5.94. The largest absolute Gasteiger partial charge is 0.462 e. The Labute approximate surface area is 157 Å². The van der Waals surface area contributed by atoms with Gasteiger partial charge in [-0.25, -0.2) is 14.5 Å². The Kier molecular flexibility index (Phi) is 5.30. The number of hydrogen-bond acceptors (Lipinski definition) is 5. The number of hydrogen-bond donors (Lipinski definition) is 1. The van der Waals surface area contributed by atoms with E-state index < -0.39 is 5.97 Å². The fourth-order valence-electron chi connectivity index (χ4n) is 2.66. The Hall–Kier alpha value is -3.48. The van der Waals surface area contributed by atoms with Crippen LogP contribution in [-0.2, 0) is 4.74 Å². The van der Waals surface area contributed by atoms with Gasteiger partial charge in [0.2, 0.25) is 0 Å². The summed E-state index contributed by atoms with van der Waals surface area (Å²) in [5.74, 6) is -0.698. The normalized spacial score (nSPS) is 10.5. The van der Waals surface area contributed by atoms with Crippen LogP contribution in [0.2, 0.25) is 0 Å². The van der Waals surface area contributed by atoms with Crippen molar-refractivity contribution in [2.75, 3.05) is 11.9 Å². The first-order valence-corrected chi connectivity index (χ1v) is 8.56. The van der Waals surface area contributed by atoms with E-state index in [9.17, 15) is 9.59 Å². The van der Waals surface area contributed by atoms with Crippen LogP contribution >= 0.6 is 0 Å². The van der Waals surface area contributed by atoms with Gasteiger partial charge in [-0.05, 0) is 51.1 Å². The minimum absolute atomic E-state index is 0.291. The summed E-state index contributed by atoms with van der Waals surface area (Å²) in [4.78, 5) is 28.6. The first-order chi connectivity index (χ1) is 13.0. The van der Waals surface area contributed by atoms with Crippen LogP contribution in [0.4, 0.5) is 5.69 Å². The topological polar surface area (TPSA) is 86.1 Å². The molecule has 1 aromatic carbocycles. The molecule has 0 unspecified atom stereocenters. The number of aromatic nitrogens is 3. The molecule has 0 atom stereocenters. The molecule has 138 valence electrons. The molecule has 7 heteroatoms. The van der Waals surface area contributed by atoms with Crippen LogP contribution < -0.4 is 5.32 Å². The van der Waals surface area contributed by atoms with E-state index in [2.05, 4.69) is 15.4 Å². The molecule has 0 saturated heterocycles. The van der Waals surface area contributed by atoms with Crippen LogP contribution in [0.1, 0.15) is 39.2 Å². The van der Waals surface area contributed by atoms with Gasteiger partial charge in [-0.15, -0.1) is 0 Å². The van der Waals surface area contributed by atoms with E-state index in [-0.39, 0.29) is 5.91 Å². The average Bonchev–Trinajstić information content (AvgIpc) is 3.03. The molecule has 2 aromatic heterocycles. The van der Waals surface area contributed by atoms with Gasteiger partial charge in [0.1, 0.15) is 11.3 Å². The van der Waals surface area contributed by atoms with E-state index in [4.69, 9.17) is 4.74 Å². The maximum absolute atomic E-state index is 12.4. The van der Waals surface area contributed by atoms with Gasteiger partial charge >= 0.3 is 5.97 Å². The number of aryl methyl sites for hydroxylation is 1.